The number of carbonyl (C=O) groups is 1. The Hall–Kier alpha value is -1.79. The number of hydrogen-bond donors (Lipinski definition) is 4. The van der Waals surface area contributed by atoms with Crippen molar-refractivity contribution in [3.05, 3.63) is 24.3 Å². The van der Waals surface area contributed by atoms with Crippen molar-refractivity contribution in [2.45, 2.75) is 5.60 Å². The molecule has 0 spiro atoms. The summed E-state index contributed by atoms with van der Waals surface area (Å²) in [7, 11) is 1.59. The van der Waals surface area contributed by atoms with Gasteiger partial charge in [0.15, 0.2) is 0 Å². The number of benzene rings is 1. The van der Waals surface area contributed by atoms with Gasteiger partial charge < -0.3 is 25.8 Å². The van der Waals surface area contributed by atoms with Crippen molar-refractivity contribution in [3.63, 3.8) is 0 Å². The van der Waals surface area contributed by atoms with Crippen molar-refractivity contribution in [2.24, 2.45) is 0 Å². The second kappa shape index (κ2) is 5.24. The lowest BCUT2D eigenvalue weighted by Crippen LogP contribution is -2.64. The van der Waals surface area contributed by atoms with Crippen LogP contribution in [0.2, 0.25) is 0 Å². The van der Waals surface area contributed by atoms with Crippen molar-refractivity contribution >= 4 is 11.7 Å². The van der Waals surface area contributed by atoms with Gasteiger partial charge in [-0.1, -0.05) is 0 Å². The van der Waals surface area contributed by atoms with Gasteiger partial charge in [0.05, 0.1) is 13.7 Å². The van der Waals surface area contributed by atoms with Gasteiger partial charge in [0.2, 0.25) is 0 Å². The Morgan fingerprint density at radius 2 is 2.11 bits per heavy atom. The van der Waals surface area contributed by atoms with Crippen LogP contribution >= 0.6 is 0 Å². The molecule has 4 N–H and O–H groups in total. The average Bonchev–Trinajstić information content (AvgIpc) is 2.35. The normalized spacial score (nSPS) is 16.6. The molecule has 1 fully saturated rings. The van der Waals surface area contributed by atoms with E-state index < -0.39 is 5.60 Å². The van der Waals surface area contributed by atoms with Crippen LogP contribution < -0.4 is 20.7 Å². The van der Waals surface area contributed by atoms with Crippen LogP contribution in [0.25, 0.3) is 0 Å². The third-order valence-electron chi connectivity index (χ3n) is 2.83. The molecule has 1 heterocycles. The highest BCUT2D eigenvalue weighted by Crippen LogP contribution is 2.15. The SMILES string of the molecule is COc1ccc(NC(=O)NCC2(O)CNC2)cc1. The molecular weight excluding hydrogens is 234 g/mol. The first-order chi connectivity index (χ1) is 8.61. The molecule has 98 valence electrons. The van der Waals surface area contributed by atoms with Gasteiger partial charge >= 0.3 is 6.03 Å². The Labute approximate surface area is 105 Å². The van der Waals surface area contributed by atoms with E-state index in [1.54, 1.807) is 31.4 Å². The number of urea groups is 1. The van der Waals surface area contributed by atoms with Gasteiger partial charge in [-0.25, -0.2) is 4.79 Å². The molecule has 1 aromatic carbocycles. The van der Waals surface area contributed by atoms with Crippen molar-refractivity contribution in [3.8, 4) is 5.75 Å². The van der Waals surface area contributed by atoms with Crippen LogP contribution in [0.4, 0.5) is 10.5 Å². The van der Waals surface area contributed by atoms with Crippen molar-refractivity contribution in [2.75, 3.05) is 32.1 Å². The molecular formula is C12H17N3O3. The van der Waals surface area contributed by atoms with Crippen LogP contribution in [-0.2, 0) is 0 Å². The summed E-state index contributed by atoms with van der Waals surface area (Å²) in [5.74, 6) is 0.732. The molecule has 2 rings (SSSR count). The number of β-amino-alcohol motifs (C(OH)–C–C–N with tert-alkyl or cyclic N) is 1. The lowest BCUT2D eigenvalue weighted by atomic mass is 9.98. The number of aliphatic hydroxyl groups is 1. The van der Waals surface area contributed by atoms with E-state index in [9.17, 15) is 9.90 Å². The maximum absolute atomic E-state index is 11.6. The fraction of sp³-hybridized carbons (Fsp3) is 0.417. The second-order valence-corrected chi connectivity index (χ2v) is 4.36. The van der Waals surface area contributed by atoms with E-state index in [2.05, 4.69) is 16.0 Å². The molecule has 0 radical (unpaired) electrons. The first kappa shape index (κ1) is 12.7. The van der Waals surface area contributed by atoms with E-state index in [-0.39, 0.29) is 12.6 Å². The minimum atomic E-state index is -0.808. The predicted octanol–water partition coefficient (Wildman–Crippen LogP) is 0.151. The van der Waals surface area contributed by atoms with Crippen LogP contribution in [0.15, 0.2) is 24.3 Å². The summed E-state index contributed by atoms with van der Waals surface area (Å²) in [4.78, 5) is 11.6. The first-order valence-corrected chi connectivity index (χ1v) is 5.73. The molecule has 0 bridgehead atoms. The van der Waals surface area contributed by atoms with Gasteiger partial charge in [-0.15, -0.1) is 0 Å². The molecule has 6 nitrogen and oxygen atoms in total. The van der Waals surface area contributed by atoms with E-state index in [1.807, 2.05) is 0 Å². The lowest BCUT2D eigenvalue weighted by Gasteiger charge is -2.37. The largest absolute Gasteiger partial charge is 0.497 e. The van der Waals surface area contributed by atoms with Crippen LogP contribution in [0.1, 0.15) is 0 Å². The van der Waals surface area contributed by atoms with E-state index in [0.29, 0.717) is 18.8 Å². The maximum atomic E-state index is 11.6. The highest BCUT2D eigenvalue weighted by atomic mass is 16.5. The summed E-state index contributed by atoms with van der Waals surface area (Å²) in [5.41, 5.74) is -0.135. The number of methoxy groups -OCH3 is 1. The van der Waals surface area contributed by atoms with Gasteiger partial charge in [0.25, 0.3) is 0 Å². The molecule has 0 saturated carbocycles. The molecule has 2 amide bonds. The van der Waals surface area contributed by atoms with Crippen LogP contribution in [0.5, 0.6) is 5.75 Å². The van der Waals surface area contributed by atoms with Crippen LogP contribution in [0.3, 0.4) is 0 Å². The standard InChI is InChI=1S/C12H17N3O3/c1-18-10-4-2-9(3-5-10)15-11(16)14-8-12(17)6-13-7-12/h2-5,13,17H,6-8H2,1H3,(H2,14,15,16). The first-order valence-electron chi connectivity index (χ1n) is 5.73. The van der Waals surface area contributed by atoms with E-state index >= 15 is 0 Å². The van der Waals surface area contributed by atoms with Gasteiger partial charge in [0.1, 0.15) is 11.4 Å². The number of anilines is 1. The maximum Gasteiger partial charge on any atom is 0.319 e. The fourth-order valence-corrected chi connectivity index (χ4v) is 1.63. The zero-order valence-corrected chi connectivity index (χ0v) is 10.2. The van der Waals surface area contributed by atoms with Crippen molar-refractivity contribution in [1.82, 2.24) is 10.6 Å². The van der Waals surface area contributed by atoms with Gasteiger partial charge in [-0.05, 0) is 24.3 Å². The zero-order valence-electron chi connectivity index (χ0n) is 10.2. The minimum absolute atomic E-state index is 0.238. The highest BCUT2D eigenvalue weighted by Gasteiger charge is 2.34. The molecule has 1 saturated heterocycles. The highest BCUT2D eigenvalue weighted by molar-refractivity contribution is 5.89. The lowest BCUT2D eigenvalue weighted by molar-refractivity contribution is -0.00575. The number of carbonyl (C=O) groups excluding carboxylic acids is 1. The molecule has 1 aliphatic heterocycles. The summed E-state index contributed by atoms with van der Waals surface area (Å²) in [6.07, 6.45) is 0. The Morgan fingerprint density at radius 3 is 2.61 bits per heavy atom. The van der Waals surface area contributed by atoms with E-state index in [0.717, 1.165) is 5.75 Å². The molecule has 0 atom stereocenters. The quantitative estimate of drug-likeness (QED) is 0.614. The molecule has 1 aromatic rings. The van der Waals surface area contributed by atoms with Gasteiger partial charge in [0, 0.05) is 18.8 Å². The van der Waals surface area contributed by atoms with Crippen molar-refractivity contribution < 1.29 is 14.6 Å². The summed E-state index contributed by atoms with van der Waals surface area (Å²) < 4.78 is 5.02. The molecule has 0 unspecified atom stereocenters. The summed E-state index contributed by atoms with van der Waals surface area (Å²) >= 11 is 0. The smallest absolute Gasteiger partial charge is 0.319 e. The monoisotopic (exact) mass is 251 g/mol. The topological polar surface area (TPSA) is 82.6 Å². The summed E-state index contributed by atoms with van der Waals surface area (Å²) in [6, 6.07) is 6.69. The summed E-state index contributed by atoms with van der Waals surface area (Å²) in [6.45, 7) is 1.26. The van der Waals surface area contributed by atoms with Crippen molar-refractivity contribution in [1.29, 1.82) is 0 Å². The van der Waals surface area contributed by atoms with Gasteiger partial charge in [-0.3, -0.25) is 0 Å². The van der Waals surface area contributed by atoms with Crippen LogP contribution in [-0.4, -0.2) is 43.5 Å². The van der Waals surface area contributed by atoms with Gasteiger partial charge in [-0.2, -0.15) is 0 Å². The average molecular weight is 251 g/mol. The zero-order chi connectivity index (χ0) is 13.0. The number of amides is 2. The second-order valence-electron chi connectivity index (χ2n) is 4.36. The number of nitrogens with one attached hydrogen (secondary N) is 3. The summed E-state index contributed by atoms with van der Waals surface area (Å²) in [5, 5.41) is 18.0. The van der Waals surface area contributed by atoms with E-state index in [4.69, 9.17) is 4.74 Å². The molecule has 6 heteroatoms. The number of rotatable bonds is 4. The third-order valence-corrected chi connectivity index (χ3v) is 2.83. The Bertz CT molecular complexity index is 415. The predicted molar refractivity (Wildman–Crippen MR) is 67.8 cm³/mol. The molecule has 0 aliphatic carbocycles. The Balaban J connectivity index is 1.79. The Morgan fingerprint density at radius 1 is 1.44 bits per heavy atom. The number of hydrogen-bond acceptors (Lipinski definition) is 4. The third kappa shape index (κ3) is 3.12. The molecule has 18 heavy (non-hydrogen) atoms. The van der Waals surface area contributed by atoms with E-state index in [1.165, 1.54) is 0 Å². The molecule has 1 aliphatic rings. The number of ether oxygens (including phenoxy) is 1. The molecule has 0 aromatic heterocycles. The fourth-order valence-electron chi connectivity index (χ4n) is 1.63. The minimum Gasteiger partial charge on any atom is -0.497 e. The van der Waals surface area contributed by atoms with Crippen LogP contribution in [0, 0.1) is 0 Å². The Kier molecular flexibility index (Phi) is 3.69.